The molecule has 1 heterocycles. The van der Waals surface area contributed by atoms with Crippen molar-refractivity contribution in [2.45, 2.75) is 59.8 Å². The lowest BCUT2D eigenvalue weighted by Crippen LogP contribution is -2.28. The lowest BCUT2D eigenvalue weighted by atomic mass is 9.69. The summed E-state index contributed by atoms with van der Waals surface area (Å²) in [6, 6.07) is 9.64. The highest BCUT2D eigenvalue weighted by molar-refractivity contribution is 7.17. The van der Waals surface area contributed by atoms with Gasteiger partial charge in [0.05, 0.1) is 18.6 Å². The number of ether oxygens (including phenoxy) is 1. The van der Waals surface area contributed by atoms with Gasteiger partial charge in [0.1, 0.15) is 5.00 Å². The molecule has 0 bridgehead atoms. The van der Waals surface area contributed by atoms with Gasteiger partial charge in [-0.1, -0.05) is 57.5 Å². The minimum absolute atomic E-state index is 0.106. The molecule has 5 heteroatoms. The van der Waals surface area contributed by atoms with Gasteiger partial charge in [0, 0.05) is 4.88 Å². The Kier molecular flexibility index (Phi) is 6.78. The molecule has 0 saturated heterocycles. The minimum atomic E-state index is -0.326. The van der Waals surface area contributed by atoms with Crippen molar-refractivity contribution in [3.63, 3.8) is 0 Å². The number of thiophene rings is 1. The van der Waals surface area contributed by atoms with Gasteiger partial charge in [-0.05, 0) is 48.6 Å². The number of carbonyl (C=O) groups is 2. The van der Waals surface area contributed by atoms with E-state index in [2.05, 4.69) is 26.1 Å². The maximum Gasteiger partial charge on any atom is 0.341 e. The van der Waals surface area contributed by atoms with Crippen LogP contribution in [0, 0.1) is 11.3 Å². The van der Waals surface area contributed by atoms with Gasteiger partial charge < -0.3 is 10.1 Å². The van der Waals surface area contributed by atoms with Gasteiger partial charge in [-0.15, -0.1) is 11.3 Å². The predicted molar refractivity (Wildman–Crippen MR) is 119 cm³/mol. The van der Waals surface area contributed by atoms with Gasteiger partial charge in [-0.25, -0.2) is 4.79 Å². The van der Waals surface area contributed by atoms with Crippen molar-refractivity contribution >= 4 is 28.2 Å². The number of hydrogen-bond acceptors (Lipinski definition) is 4. The molecule has 29 heavy (non-hydrogen) atoms. The van der Waals surface area contributed by atoms with E-state index in [1.54, 1.807) is 11.3 Å². The van der Waals surface area contributed by atoms with Crippen molar-refractivity contribution in [3.8, 4) is 0 Å². The molecule has 1 unspecified atom stereocenters. The number of amides is 1. The third-order valence-electron chi connectivity index (χ3n) is 6.22. The van der Waals surface area contributed by atoms with E-state index in [0.717, 1.165) is 36.8 Å². The molecule has 1 aliphatic carbocycles. The summed E-state index contributed by atoms with van der Waals surface area (Å²) < 4.78 is 5.32. The zero-order valence-electron chi connectivity index (χ0n) is 17.8. The fourth-order valence-corrected chi connectivity index (χ4v) is 5.33. The smallest absolute Gasteiger partial charge is 0.341 e. The summed E-state index contributed by atoms with van der Waals surface area (Å²) in [4.78, 5) is 26.6. The van der Waals surface area contributed by atoms with E-state index in [1.165, 1.54) is 4.88 Å². The van der Waals surface area contributed by atoms with Crippen molar-refractivity contribution in [1.29, 1.82) is 0 Å². The van der Waals surface area contributed by atoms with Gasteiger partial charge in [-0.2, -0.15) is 0 Å². The summed E-state index contributed by atoms with van der Waals surface area (Å²) in [6.07, 6.45) is 4.31. The number of nitrogens with one attached hydrogen (secondary N) is 1. The molecule has 3 rings (SSSR count). The second kappa shape index (κ2) is 9.12. The summed E-state index contributed by atoms with van der Waals surface area (Å²) >= 11 is 1.55. The molecule has 1 aromatic heterocycles. The van der Waals surface area contributed by atoms with Gasteiger partial charge in [-0.3, -0.25) is 4.79 Å². The van der Waals surface area contributed by atoms with Crippen molar-refractivity contribution in [3.05, 3.63) is 51.9 Å². The number of rotatable bonds is 7. The van der Waals surface area contributed by atoms with Crippen LogP contribution < -0.4 is 5.32 Å². The SMILES string of the molecule is CCOC(=O)c1c(NC(=O)Cc2ccccc2)sc2c1CCC(C(C)(C)CC)C2. The molecule has 0 saturated carbocycles. The first kappa shape index (κ1) is 21.6. The molecule has 1 N–H and O–H groups in total. The summed E-state index contributed by atoms with van der Waals surface area (Å²) in [6.45, 7) is 9.02. The Morgan fingerprint density at radius 1 is 1.21 bits per heavy atom. The highest BCUT2D eigenvalue weighted by Crippen LogP contribution is 2.45. The third kappa shape index (κ3) is 4.89. The summed E-state index contributed by atoms with van der Waals surface area (Å²) in [5.41, 5.74) is 2.86. The Hall–Kier alpha value is -2.14. The molecular weight excluding hydrogens is 382 g/mol. The fraction of sp³-hybridized carbons (Fsp3) is 0.500. The fourth-order valence-electron chi connectivity index (χ4n) is 4.00. The van der Waals surface area contributed by atoms with Crippen LogP contribution in [-0.2, 0) is 28.8 Å². The third-order valence-corrected chi connectivity index (χ3v) is 7.39. The average molecular weight is 414 g/mol. The molecular formula is C24H31NO3S. The highest BCUT2D eigenvalue weighted by Gasteiger charge is 2.35. The van der Waals surface area contributed by atoms with Crippen LogP contribution in [0.2, 0.25) is 0 Å². The van der Waals surface area contributed by atoms with E-state index >= 15 is 0 Å². The number of fused-ring (bicyclic) bond motifs is 1. The molecule has 156 valence electrons. The van der Waals surface area contributed by atoms with Crippen LogP contribution in [-0.4, -0.2) is 18.5 Å². The van der Waals surface area contributed by atoms with Crippen LogP contribution >= 0.6 is 11.3 Å². The standard InChI is InChI=1S/C24H31NO3S/c1-5-24(3,4)17-12-13-18-19(15-17)29-22(21(18)23(27)28-6-2)25-20(26)14-16-10-8-7-9-11-16/h7-11,17H,5-6,12-15H2,1-4H3,(H,25,26). The van der Waals surface area contributed by atoms with Crippen molar-refractivity contribution in [1.82, 2.24) is 0 Å². The van der Waals surface area contributed by atoms with Crippen molar-refractivity contribution < 1.29 is 14.3 Å². The first-order valence-corrected chi connectivity index (χ1v) is 11.3. The second-order valence-corrected chi connectivity index (χ2v) is 9.53. The number of carbonyl (C=O) groups excluding carboxylic acids is 2. The topological polar surface area (TPSA) is 55.4 Å². The van der Waals surface area contributed by atoms with Crippen molar-refractivity contribution in [2.75, 3.05) is 11.9 Å². The Balaban J connectivity index is 1.86. The monoisotopic (exact) mass is 413 g/mol. The maximum absolute atomic E-state index is 12.7. The van der Waals surface area contributed by atoms with Crippen LogP contribution in [0.25, 0.3) is 0 Å². The molecule has 1 atom stereocenters. The molecule has 1 aliphatic rings. The Morgan fingerprint density at radius 2 is 1.93 bits per heavy atom. The zero-order chi connectivity index (χ0) is 21.0. The van der Waals surface area contributed by atoms with E-state index in [-0.39, 0.29) is 23.7 Å². The Labute approximate surface area is 177 Å². The normalized spacial score (nSPS) is 16.2. The molecule has 4 nitrogen and oxygen atoms in total. The van der Waals surface area contributed by atoms with Crippen LogP contribution in [0.15, 0.2) is 30.3 Å². The van der Waals surface area contributed by atoms with E-state index in [9.17, 15) is 9.59 Å². The molecule has 1 amide bonds. The maximum atomic E-state index is 12.7. The molecule has 0 radical (unpaired) electrons. The zero-order valence-corrected chi connectivity index (χ0v) is 18.7. The van der Waals surface area contributed by atoms with Crippen LogP contribution in [0.5, 0.6) is 0 Å². The van der Waals surface area contributed by atoms with Crippen molar-refractivity contribution in [2.24, 2.45) is 11.3 Å². The number of anilines is 1. The lowest BCUT2D eigenvalue weighted by molar-refractivity contribution is -0.115. The van der Waals surface area contributed by atoms with Crippen LogP contribution in [0.4, 0.5) is 5.00 Å². The molecule has 1 aromatic carbocycles. The van der Waals surface area contributed by atoms with Gasteiger partial charge in [0.2, 0.25) is 5.91 Å². The summed E-state index contributed by atoms with van der Waals surface area (Å²) in [7, 11) is 0. The van der Waals surface area contributed by atoms with Crippen LogP contribution in [0.3, 0.4) is 0 Å². The minimum Gasteiger partial charge on any atom is -0.462 e. The Bertz CT molecular complexity index is 870. The first-order valence-electron chi connectivity index (χ1n) is 10.5. The van der Waals surface area contributed by atoms with Crippen LogP contribution in [0.1, 0.15) is 66.9 Å². The summed E-state index contributed by atoms with van der Waals surface area (Å²) in [5.74, 6) is 0.153. The molecule has 0 spiro atoms. The number of esters is 1. The van der Waals surface area contributed by atoms with E-state index in [0.29, 0.717) is 23.1 Å². The summed E-state index contributed by atoms with van der Waals surface area (Å²) in [5, 5.41) is 3.64. The molecule has 0 fully saturated rings. The van der Waals surface area contributed by atoms with E-state index in [4.69, 9.17) is 4.74 Å². The number of hydrogen-bond donors (Lipinski definition) is 1. The number of benzene rings is 1. The molecule has 0 aliphatic heterocycles. The molecule has 2 aromatic rings. The first-order chi connectivity index (χ1) is 13.9. The second-order valence-electron chi connectivity index (χ2n) is 8.42. The Morgan fingerprint density at radius 3 is 2.59 bits per heavy atom. The quantitative estimate of drug-likeness (QED) is 0.597. The largest absolute Gasteiger partial charge is 0.462 e. The average Bonchev–Trinajstić information content (AvgIpc) is 3.05. The van der Waals surface area contributed by atoms with Gasteiger partial charge >= 0.3 is 5.97 Å². The van der Waals surface area contributed by atoms with Gasteiger partial charge in [0.15, 0.2) is 0 Å². The van der Waals surface area contributed by atoms with Gasteiger partial charge in [0.25, 0.3) is 0 Å². The van der Waals surface area contributed by atoms with E-state index in [1.807, 2.05) is 37.3 Å². The predicted octanol–water partition coefficient (Wildman–Crippen LogP) is 5.65. The lowest BCUT2D eigenvalue weighted by Gasteiger charge is -2.36. The highest BCUT2D eigenvalue weighted by atomic mass is 32.1. The van der Waals surface area contributed by atoms with E-state index < -0.39 is 0 Å².